The molecule has 0 aliphatic carbocycles. The summed E-state index contributed by atoms with van der Waals surface area (Å²) < 4.78 is 65.2. The number of rotatable bonds is 6. The van der Waals surface area contributed by atoms with E-state index >= 15 is 0 Å². The first-order valence-corrected chi connectivity index (χ1v) is 9.42. The topological polar surface area (TPSA) is 89.4 Å². The Morgan fingerprint density at radius 2 is 1.71 bits per heavy atom. The van der Waals surface area contributed by atoms with E-state index in [1.807, 2.05) is 0 Å². The van der Waals surface area contributed by atoms with Crippen LogP contribution in [-0.4, -0.2) is 44.2 Å². The molecule has 9 heteroatoms. The number of nitrogens with zero attached hydrogens (tertiary/aromatic N) is 1. The summed E-state index contributed by atoms with van der Waals surface area (Å²) in [6.07, 6.45) is 1.15. The lowest BCUT2D eigenvalue weighted by atomic mass is 9.87. The molecule has 0 saturated carbocycles. The number of hydrogen-bond donors (Lipinski definition) is 2. The van der Waals surface area contributed by atoms with Gasteiger partial charge in [0.15, 0.2) is 11.6 Å². The van der Waals surface area contributed by atoms with E-state index in [0.717, 1.165) is 6.07 Å². The Labute approximate surface area is 139 Å². The van der Waals surface area contributed by atoms with Crippen LogP contribution in [0.2, 0.25) is 0 Å². The number of nitrogens with two attached hydrogens (primary N) is 2. The van der Waals surface area contributed by atoms with Crippen molar-refractivity contribution in [1.82, 2.24) is 4.31 Å². The quantitative estimate of drug-likeness (QED) is 0.736. The van der Waals surface area contributed by atoms with E-state index in [1.54, 1.807) is 0 Å². The zero-order chi connectivity index (χ0) is 17.9. The third-order valence-corrected chi connectivity index (χ3v) is 6.32. The molecule has 1 aliphatic heterocycles. The van der Waals surface area contributed by atoms with Gasteiger partial charge in [-0.15, -0.1) is 0 Å². The molecule has 1 aromatic rings. The van der Waals surface area contributed by atoms with Gasteiger partial charge < -0.3 is 11.5 Å². The van der Waals surface area contributed by atoms with Crippen molar-refractivity contribution in [3.8, 4) is 0 Å². The second-order valence-corrected chi connectivity index (χ2v) is 8.16. The summed E-state index contributed by atoms with van der Waals surface area (Å²) in [4.78, 5) is 0. The zero-order valence-corrected chi connectivity index (χ0v) is 14.0. The Morgan fingerprint density at radius 1 is 1.12 bits per heavy atom. The van der Waals surface area contributed by atoms with Gasteiger partial charge in [-0.2, -0.15) is 0 Å². The summed E-state index contributed by atoms with van der Waals surface area (Å²) in [7, 11) is -3.34. The number of benzene rings is 1. The summed E-state index contributed by atoms with van der Waals surface area (Å²) in [6.45, 7) is 0.735. The molecule has 5 nitrogen and oxygen atoms in total. The highest BCUT2D eigenvalue weighted by Gasteiger charge is 2.30. The third-order valence-electron chi connectivity index (χ3n) is 4.42. The van der Waals surface area contributed by atoms with Gasteiger partial charge in [-0.25, -0.2) is 25.9 Å². The van der Waals surface area contributed by atoms with Crippen molar-refractivity contribution in [2.24, 2.45) is 17.4 Å². The van der Waals surface area contributed by atoms with Gasteiger partial charge in [-0.1, -0.05) is 0 Å². The molecule has 4 N–H and O–H groups in total. The molecule has 1 aromatic carbocycles. The Kier molecular flexibility index (Phi) is 6.24. The lowest BCUT2D eigenvalue weighted by Gasteiger charge is -2.34. The maximum absolute atomic E-state index is 13.7. The lowest BCUT2D eigenvalue weighted by molar-refractivity contribution is 0.242. The smallest absolute Gasteiger partial charge is 0.215 e. The largest absolute Gasteiger partial charge is 0.329 e. The second-order valence-electron chi connectivity index (χ2n) is 6.07. The van der Waals surface area contributed by atoms with E-state index < -0.39 is 33.5 Å². The molecule has 1 saturated heterocycles. The fourth-order valence-electron chi connectivity index (χ4n) is 3.00. The second kappa shape index (κ2) is 7.81. The highest BCUT2D eigenvalue weighted by molar-refractivity contribution is 7.89. The minimum atomic E-state index is -3.34. The highest BCUT2D eigenvalue weighted by Crippen LogP contribution is 2.25. The van der Waals surface area contributed by atoms with Gasteiger partial charge in [-0.3, -0.25) is 0 Å². The van der Waals surface area contributed by atoms with Crippen LogP contribution in [-0.2, 0) is 16.4 Å². The minimum absolute atomic E-state index is 0.0122. The lowest BCUT2D eigenvalue weighted by Crippen LogP contribution is -2.45. The van der Waals surface area contributed by atoms with Crippen LogP contribution in [0.4, 0.5) is 13.2 Å². The number of halogens is 3. The van der Waals surface area contributed by atoms with Crippen LogP contribution in [0.5, 0.6) is 0 Å². The summed E-state index contributed by atoms with van der Waals surface area (Å²) >= 11 is 0. The van der Waals surface area contributed by atoms with Gasteiger partial charge in [0.25, 0.3) is 0 Å². The van der Waals surface area contributed by atoms with E-state index in [-0.39, 0.29) is 30.2 Å². The van der Waals surface area contributed by atoms with Crippen LogP contribution >= 0.6 is 0 Å². The Morgan fingerprint density at radius 3 is 2.29 bits per heavy atom. The van der Waals surface area contributed by atoms with Crippen molar-refractivity contribution in [1.29, 1.82) is 0 Å². The van der Waals surface area contributed by atoms with Crippen molar-refractivity contribution < 1.29 is 21.6 Å². The molecule has 1 fully saturated rings. The maximum atomic E-state index is 13.7. The molecule has 24 heavy (non-hydrogen) atoms. The highest BCUT2D eigenvalue weighted by atomic mass is 32.2. The van der Waals surface area contributed by atoms with E-state index in [1.165, 1.54) is 4.31 Å². The molecule has 136 valence electrons. The third kappa shape index (κ3) is 4.47. The van der Waals surface area contributed by atoms with Crippen molar-refractivity contribution in [2.45, 2.75) is 25.3 Å². The first-order chi connectivity index (χ1) is 11.2. The first-order valence-electron chi connectivity index (χ1n) is 7.81. The van der Waals surface area contributed by atoms with Gasteiger partial charge in [0.1, 0.15) is 5.82 Å². The van der Waals surface area contributed by atoms with Crippen LogP contribution in [0.25, 0.3) is 0 Å². The molecule has 0 amide bonds. The normalized spacial score (nSPS) is 18.7. The molecule has 0 bridgehead atoms. The van der Waals surface area contributed by atoms with Crippen LogP contribution < -0.4 is 11.5 Å². The van der Waals surface area contributed by atoms with Gasteiger partial charge >= 0.3 is 0 Å². The van der Waals surface area contributed by atoms with Crippen molar-refractivity contribution in [2.75, 3.05) is 25.4 Å². The monoisotopic (exact) mass is 365 g/mol. The van der Waals surface area contributed by atoms with Gasteiger partial charge in [0, 0.05) is 31.7 Å². The van der Waals surface area contributed by atoms with Crippen LogP contribution in [0, 0.1) is 23.4 Å². The van der Waals surface area contributed by atoms with Crippen LogP contribution in [0.1, 0.15) is 18.4 Å². The van der Waals surface area contributed by atoms with Crippen LogP contribution in [0.3, 0.4) is 0 Å². The van der Waals surface area contributed by atoms with Gasteiger partial charge in [-0.05, 0) is 36.8 Å². The molecule has 0 radical (unpaired) electrons. The fraction of sp³-hybridized carbons (Fsp3) is 0.600. The van der Waals surface area contributed by atoms with Crippen molar-refractivity contribution >= 4 is 10.0 Å². The van der Waals surface area contributed by atoms with Crippen LogP contribution in [0.15, 0.2) is 12.1 Å². The van der Waals surface area contributed by atoms with E-state index in [2.05, 4.69) is 0 Å². The zero-order valence-electron chi connectivity index (χ0n) is 13.2. The first kappa shape index (κ1) is 19.2. The molecule has 0 spiro atoms. The fourth-order valence-corrected chi connectivity index (χ4v) is 4.32. The maximum Gasteiger partial charge on any atom is 0.215 e. The molecule has 0 aromatic heterocycles. The Balaban J connectivity index is 1.96. The number of piperidine rings is 1. The molecular formula is C15H22F3N3O2S. The number of sulfonamides is 1. The average Bonchev–Trinajstić information content (AvgIpc) is 2.52. The minimum Gasteiger partial charge on any atom is -0.329 e. The molecule has 1 aliphatic rings. The summed E-state index contributed by atoms with van der Waals surface area (Å²) in [6, 6.07) is 0.883. The Bertz CT molecular complexity index is 677. The molecule has 1 atom stereocenters. The standard InChI is InChI=1S/C15H22F3N3O2S/c16-12-9-14(18)13(17)7-11(12)8-15(20)10-1-4-21(5-2-10)24(22,23)6-3-19/h7,9-10,15H,1-6,8,19-20H2/t15-/m1/s1. The molecule has 2 rings (SSSR count). The van der Waals surface area contributed by atoms with Crippen molar-refractivity contribution in [3.05, 3.63) is 35.1 Å². The predicted octanol–water partition coefficient (Wildman–Crippen LogP) is 0.974. The van der Waals surface area contributed by atoms with Crippen molar-refractivity contribution in [3.63, 3.8) is 0 Å². The predicted molar refractivity (Wildman–Crippen MR) is 85.1 cm³/mol. The van der Waals surface area contributed by atoms with E-state index in [9.17, 15) is 21.6 Å². The molecule has 0 unspecified atom stereocenters. The van der Waals surface area contributed by atoms with Gasteiger partial charge in [0.05, 0.1) is 5.75 Å². The number of hydrogen-bond acceptors (Lipinski definition) is 4. The summed E-state index contributed by atoms with van der Waals surface area (Å²) in [5.74, 6) is -3.28. The molecular weight excluding hydrogens is 343 g/mol. The molecule has 1 heterocycles. The Hall–Kier alpha value is -1.16. The SMILES string of the molecule is NCCS(=O)(=O)N1CCC([C@H](N)Cc2cc(F)c(F)cc2F)CC1. The van der Waals surface area contributed by atoms with Gasteiger partial charge in [0.2, 0.25) is 10.0 Å². The van der Waals surface area contributed by atoms with E-state index in [4.69, 9.17) is 11.5 Å². The summed E-state index contributed by atoms with van der Waals surface area (Å²) in [5.41, 5.74) is 11.4. The average molecular weight is 365 g/mol. The van der Waals surface area contributed by atoms with E-state index in [0.29, 0.717) is 32.0 Å². The summed E-state index contributed by atoms with van der Waals surface area (Å²) in [5, 5.41) is 0.